The van der Waals surface area contributed by atoms with E-state index < -0.39 is 0 Å². The zero-order valence-electron chi connectivity index (χ0n) is 11.7. The predicted octanol–water partition coefficient (Wildman–Crippen LogP) is 3.36. The highest BCUT2D eigenvalue weighted by atomic mass is 35.5. The molecular formula is C15H19ClN2OS. The van der Waals surface area contributed by atoms with Crippen molar-refractivity contribution in [2.24, 2.45) is 0 Å². The molecule has 0 saturated carbocycles. The van der Waals surface area contributed by atoms with Crippen molar-refractivity contribution in [2.75, 3.05) is 13.7 Å². The van der Waals surface area contributed by atoms with E-state index in [1.807, 2.05) is 25.4 Å². The number of nitrogens with zero attached hydrogens (tertiary/aromatic N) is 2. The lowest BCUT2D eigenvalue weighted by atomic mass is 10.1. The van der Waals surface area contributed by atoms with E-state index in [0.717, 1.165) is 22.8 Å². The lowest BCUT2D eigenvalue weighted by Gasteiger charge is -2.22. The van der Waals surface area contributed by atoms with Gasteiger partial charge < -0.3 is 5.11 Å². The second-order valence-corrected chi connectivity index (χ2v) is 6.05. The monoisotopic (exact) mass is 310 g/mol. The fraction of sp³-hybridized carbons (Fsp3) is 0.400. The zero-order valence-corrected chi connectivity index (χ0v) is 13.3. The maximum atomic E-state index is 9.18. The van der Waals surface area contributed by atoms with E-state index in [0.29, 0.717) is 5.88 Å². The van der Waals surface area contributed by atoms with Crippen LogP contribution in [0.15, 0.2) is 29.6 Å². The van der Waals surface area contributed by atoms with E-state index in [4.69, 9.17) is 11.6 Å². The van der Waals surface area contributed by atoms with Crippen molar-refractivity contribution in [2.45, 2.75) is 25.4 Å². The van der Waals surface area contributed by atoms with Gasteiger partial charge in [0.2, 0.25) is 0 Å². The first-order chi connectivity index (χ1) is 9.63. The van der Waals surface area contributed by atoms with Crippen molar-refractivity contribution in [3.05, 3.63) is 40.9 Å². The fourth-order valence-electron chi connectivity index (χ4n) is 1.89. The van der Waals surface area contributed by atoms with Crippen LogP contribution in [0.25, 0.3) is 10.6 Å². The average Bonchev–Trinajstić information content (AvgIpc) is 2.95. The third-order valence-electron chi connectivity index (χ3n) is 3.31. The molecule has 1 atom stereocenters. The van der Waals surface area contributed by atoms with Gasteiger partial charge in [0.15, 0.2) is 0 Å². The van der Waals surface area contributed by atoms with Crippen LogP contribution in [0.5, 0.6) is 0 Å². The number of halogens is 1. The topological polar surface area (TPSA) is 36.4 Å². The smallest absolute Gasteiger partial charge is 0.123 e. The Labute approximate surface area is 128 Å². The van der Waals surface area contributed by atoms with Crippen molar-refractivity contribution in [1.82, 2.24) is 9.88 Å². The van der Waals surface area contributed by atoms with Gasteiger partial charge in [0.05, 0.1) is 18.2 Å². The molecule has 3 nitrogen and oxygen atoms in total. The molecule has 1 aromatic carbocycles. The summed E-state index contributed by atoms with van der Waals surface area (Å²) in [6.07, 6.45) is 0. The van der Waals surface area contributed by atoms with Gasteiger partial charge in [-0.3, -0.25) is 4.90 Å². The summed E-state index contributed by atoms with van der Waals surface area (Å²) in [7, 11) is 2.02. The number of aliphatic hydroxyl groups excluding tert-OH is 1. The molecule has 0 aliphatic heterocycles. The number of alkyl halides is 1. The molecular weight excluding hydrogens is 292 g/mol. The van der Waals surface area contributed by atoms with E-state index in [9.17, 15) is 5.11 Å². The Kier molecular flexibility index (Phi) is 5.54. The Bertz CT molecular complexity index is 558. The highest BCUT2D eigenvalue weighted by molar-refractivity contribution is 7.13. The van der Waals surface area contributed by atoms with Gasteiger partial charge in [0, 0.05) is 23.5 Å². The summed E-state index contributed by atoms with van der Waals surface area (Å²) >= 11 is 7.41. The van der Waals surface area contributed by atoms with Crippen LogP contribution < -0.4 is 0 Å². The Morgan fingerprint density at radius 1 is 1.45 bits per heavy atom. The molecule has 1 N–H and O–H groups in total. The van der Waals surface area contributed by atoms with E-state index in [2.05, 4.69) is 28.1 Å². The minimum Gasteiger partial charge on any atom is -0.395 e. The molecule has 1 unspecified atom stereocenters. The van der Waals surface area contributed by atoms with Crippen LogP contribution >= 0.6 is 22.9 Å². The van der Waals surface area contributed by atoms with Gasteiger partial charge in [0.25, 0.3) is 0 Å². The molecule has 0 spiro atoms. The number of rotatable bonds is 6. The lowest BCUT2D eigenvalue weighted by Crippen LogP contribution is -2.31. The molecule has 20 heavy (non-hydrogen) atoms. The van der Waals surface area contributed by atoms with Crippen LogP contribution in [0.3, 0.4) is 0 Å². The number of likely N-dealkylation sites (N-methyl/N-ethyl adjacent to an activating group) is 1. The third kappa shape index (κ3) is 3.79. The minimum absolute atomic E-state index is 0.154. The first-order valence-corrected chi connectivity index (χ1v) is 7.96. The molecule has 0 aliphatic carbocycles. The summed E-state index contributed by atoms with van der Waals surface area (Å²) < 4.78 is 0. The van der Waals surface area contributed by atoms with Gasteiger partial charge in [-0.05, 0) is 25.6 Å². The third-order valence-corrected chi connectivity index (χ3v) is 4.53. The molecule has 0 amide bonds. The van der Waals surface area contributed by atoms with Crippen LogP contribution in [0.1, 0.15) is 18.2 Å². The molecule has 0 aliphatic rings. The number of aromatic nitrogens is 1. The largest absolute Gasteiger partial charge is 0.395 e. The molecule has 0 bridgehead atoms. The summed E-state index contributed by atoms with van der Waals surface area (Å²) in [5, 5.41) is 12.2. The van der Waals surface area contributed by atoms with E-state index in [1.54, 1.807) is 11.3 Å². The molecule has 2 aromatic rings. The maximum absolute atomic E-state index is 9.18. The summed E-state index contributed by atoms with van der Waals surface area (Å²) in [6.45, 7) is 2.99. The SMILES string of the molecule is CC(CO)N(C)Cc1cccc(-c2nc(CCl)cs2)c1. The molecule has 1 aromatic heterocycles. The van der Waals surface area contributed by atoms with Crippen molar-refractivity contribution in [3.8, 4) is 10.6 Å². The zero-order chi connectivity index (χ0) is 14.5. The van der Waals surface area contributed by atoms with Crippen LogP contribution in [-0.4, -0.2) is 34.7 Å². The second-order valence-electron chi connectivity index (χ2n) is 4.92. The first kappa shape index (κ1) is 15.4. The highest BCUT2D eigenvalue weighted by Gasteiger charge is 2.10. The molecule has 0 fully saturated rings. The summed E-state index contributed by atoms with van der Waals surface area (Å²) in [5.74, 6) is 0.451. The van der Waals surface area contributed by atoms with Crippen LogP contribution in [0.2, 0.25) is 0 Å². The second kappa shape index (κ2) is 7.18. The minimum atomic E-state index is 0.154. The van der Waals surface area contributed by atoms with Crippen LogP contribution in [-0.2, 0) is 12.4 Å². The van der Waals surface area contributed by atoms with Gasteiger partial charge in [-0.25, -0.2) is 4.98 Å². The lowest BCUT2D eigenvalue weighted by molar-refractivity contribution is 0.154. The molecule has 1 heterocycles. The molecule has 2 rings (SSSR count). The van der Waals surface area contributed by atoms with Crippen LogP contribution in [0.4, 0.5) is 0 Å². The number of hydrogen-bond donors (Lipinski definition) is 1. The highest BCUT2D eigenvalue weighted by Crippen LogP contribution is 2.25. The van der Waals surface area contributed by atoms with Crippen molar-refractivity contribution in [1.29, 1.82) is 0 Å². The average molecular weight is 311 g/mol. The number of aliphatic hydroxyl groups is 1. The first-order valence-electron chi connectivity index (χ1n) is 6.54. The molecule has 0 radical (unpaired) electrons. The van der Waals surface area contributed by atoms with E-state index >= 15 is 0 Å². The Morgan fingerprint density at radius 3 is 2.90 bits per heavy atom. The summed E-state index contributed by atoms with van der Waals surface area (Å²) in [6, 6.07) is 8.51. The summed E-state index contributed by atoms with van der Waals surface area (Å²) in [4.78, 5) is 6.63. The van der Waals surface area contributed by atoms with Crippen molar-refractivity contribution < 1.29 is 5.11 Å². The number of hydrogen-bond acceptors (Lipinski definition) is 4. The van der Waals surface area contributed by atoms with Gasteiger partial charge >= 0.3 is 0 Å². The molecule has 0 saturated heterocycles. The van der Waals surface area contributed by atoms with Gasteiger partial charge in [-0.1, -0.05) is 18.2 Å². The molecule has 5 heteroatoms. The standard InChI is InChI=1S/C15H19ClN2OS/c1-11(9-19)18(2)8-12-4-3-5-13(6-12)15-17-14(7-16)10-20-15/h3-6,10-11,19H,7-9H2,1-2H3. The Hall–Kier alpha value is -0.940. The maximum Gasteiger partial charge on any atom is 0.123 e. The number of benzene rings is 1. The predicted molar refractivity (Wildman–Crippen MR) is 85.1 cm³/mol. The normalized spacial score (nSPS) is 12.8. The van der Waals surface area contributed by atoms with Gasteiger partial charge in [-0.15, -0.1) is 22.9 Å². The van der Waals surface area contributed by atoms with Crippen molar-refractivity contribution in [3.63, 3.8) is 0 Å². The quantitative estimate of drug-likeness (QED) is 0.831. The van der Waals surface area contributed by atoms with E-state index in [-0.39, 0.29) is 12.6 Å². The fourth-order valence-corrected chi connectivity index (χ4v) is 2.93. The van der Waals surface area contributed by atoms with Crippen molar-refractivity contribution >= 4 is 22.9 Å². The number of thiazole rings is 1. The van der Waals surface area contributed by atoms with Gasteiger partial charge in [-0.2, -0.15) is 0 Å². The van der Waals surface area contributed by atoms with Gasteiger partial charge in [0.1, 0.15) is 5.01 Å². The van der Waals surface area contributed by atoms with E-state index in [1.165, 1.54) is 5.56 Å². The molecule has 108 valence electrons. The van der Waals surface area contributed by atoms with Crippen LogP contribution in [0, 0.1) is 0 Å². The summed E-state index contributed by atoms with van der Waals surface area (Å²) in [5.41, 5.74) is 3.25. The Morgan fingerprint density at radius 2 is 2.25 bits per heavy atom. The Balaban J connectivity index is 2.15.